The number of azo groups is 1. The number of aromatic nitrogens is 2. The molecule has 0 saturated carbocycles. The maximum absolute atomic E-state index is 12.2. The predicted octanol–water partition coefficient (Wildman–Crippen LogP) is 4.45. The Hall–Kier alpha value is -3.88. The van der Waals surface area contributed by atoms with Crippen LogP contribution in [0, 0.1) is 0 Å². The highest BCUT2D eigenvalue weighted by molar-refractivity contribution is 5.73. The van der Waals surface area contributed by atoms with Crippen LogP contribution in [0.15, 0.2) is 57.5 Å². The van der Waals surface area contributed by atoms with E-state index in [1.165, 1.54) is 11.0 Å². The third kappa shape index (κ3) is 4.67. The summed E-state index contributed by atoms with van der Waals surface area (Å²) in [5.74, 6) is 2.10. The topological polar surface area (TPSA) is 107 Å². The zero-order valence-electron chi connectivity index (χ0n) is 19.1. The summed E-state index contributed by atoms with van der Waals surface area (Å²) < 4.78 is 12.2. The number of nitrogens with two attached hydrogens (primary N) is 1. The van der Waals surface area contributed by atoms with Crippen LogP contribution in [0.3, 0.4) is 0 Å². The molecule has 1 saturated heterocycles. The van der Waals surface area contributed by atoms with Crippen LogP contribution in [0.1, 0.15) is 19.3 Å². The van der Waals surface area contributed by atoms with Crippen LogP contribution >= 0.6 is 0 Å². The van der Waals surface area contributed by atoms with Gasteiger partial charge in [-0.3, -0.25) is 4.57 Å². The lowest BCUT2D eigenvalue weighted by Crippen LogP contribution is -2.35. The van der Waals surface area contributed by atoms with Gasteiger partial charge < -0.3 is 20.1 Å². The molecule has 2 heterocycles. The van der Waals surface area contributed by atoms with Crippen molar-refractivity contribution in [1.29, 1.82) is 0 Å². The molecule has 33 heavy (non-hydrogen) atoms. The minimum absolute atomic E-state index is 0.0874. The van der Waals surface area contributed by atoms with Gasteiger partial charge in [-0.2, -0.15) is 10.1 Å². The van der Waals surface area contributed by atoms with Crippen LogP contribution < -0.4 is 25.8 Å². The monoisotopic (exact) mass is 448 g/mol. The van der Waals surface area contributed by atoms with Crippen molar-refractivity contribution in [3.05, 3.63) is 52.9 Å². The molecular weight excluding hydrogens is 420 g/mol. The number of hydrogen-bond acceptors (Lipinski definition) is 8. The molecule has 172 valence electrons. The normalized spacial score (nSPS) is 14.0. The smallest absolute Gasteiger partial charge is 0.350 e. The molecule has 3 aromatic rings. The molecule has 1 aliphatic rings. The average molecular weight is 449 g/mol. The SMILES string of the molecule is COc1ccc(-c2ccc(N=Nc3c(N)nc(=O)n(C)c3N3CCCCC3)cc2)cc1OC. The highest BCUT2D eigenvalue weighted by Gasteiger charge is 2.21. The van der Waals surface area contributed by atoms with Crippen LogP contribution in [0.25, 0.3) is 11.1 Å². The van der Waals surface area contributed by atoms with Crippen LogP contribution in [-0.2, 0) is 7.05 Å². The minimum Gasteiger partial charge on any atom is -0.493 e. The maximum Gasteiger partial charge on any atom is 0.350 e. The second kappa shape index (κ2) is 9.72. The standard InChI is InChI=1S/C24H28N6O3/c1-29-23(30-13-5-4-6-14-30)21(22(25)26-24(29)31)28-27-18-10-7-16(8-11-18)17-9-12-19(32-2)20(15-17)33-3/h7-12,15H,4-6,13-14H2,1-3H3,(H2,25,26,31). The summed E-state index contributed by atoms with van der Waals surface area (Å²) in [5.41, 5.74) is 8.77. The Kier molecular flexibility index (Phi) is 6.58. The Morgan fingerprint density at radius 2 is 1.58 bits per heavy atom. The number of anilines is 2. The third-order valence-electron chi connectivity index (χ3n) is 5.78. The number of hydrogen-bond donors (Lipinski definition) is 1. The van der Waals surface area contributed by atoms with Gasteiger partial charge in [0, 0.05) is 20.1 Å². The summed E-state index contributed by atoms with van der Waals surface area (Å²) in [5, 5.41) is 8.78. The summed E-state index contributed by atoms with van der Waals surface area (Å²) in [6, 6.07) is 13.5. The fourth-order valence-corrected chi connectivity index (χ4v) is 4.00. The molecule has 0 spiro atoms. The molecule has 2 N–H and O–H groups in total. The third-order valence-corrected chi connectivity index (χ3v) is 5.78. The Morgan fingerprint density at radius 1 is 0.909 bits per heavy atom. The molecule has 2 aromatic carbocycles. The highest BCUT2D eigenvalue weighted by Crippen LogP contribution is 2.35. The molecule has 0 bridgehead atoms. The quantitative estimate of drug-likeness (QED) is 0.558. The van der Waals surface area contributed by atoms with Gasteiger partial charge in [-0.15, -0.1) is 5.11 Å². The Bertz CT molecular complexity index is 1210. The van der Waals surface area contributed by atoms with Gasteiger partial charge in [0.2, 0.25) is 0 Å². The highest BCUT2D eigenvalue weighted by atomic mass is 16.5. The summed E-state index contributed by atoms with van der Waals surface area (Å²) in [7, 11) is 4.92. The van der Waals surface area contributed by atoms with Crippen molar-refractivity contribution in [3.63, 3.8) is 0 Å². The molecule has 0 atom stereocenters. The first-order valence-electron chi connectivity index (χ1n) is 10.9. The number of piperidine rings is 1. The number of benzene rings is 2. The van der Waals surface area contributed by atoms with Crippen LogP contribution in [0.2, 0.25) is 0 Å². The summed E-state index contributed by atoms with van der Waals surface area (Å²) in [4.78, 5) is 18.3. The number of ether oxygens (including phenoxy) is 2. The average Bonchev–Trinajstić information content (AvgIpc) is 2.85. The van der Waals surface area contributed by atoms with E-state index in [0.717, 1.165) is 37.1 Å². The van der Waals surface area contributed by atoms with Gasteiger partial charge in [-0.25, -0.2) is 4.79 Å². The van der Waals surface area contributed by atoms with E-state index in [1.807, 2.05) is 42.5 Å². The largest absolute Gasteiger partial charge is 0.493 e. The predicted molar refractivity (Wildman–Crippen MR) is 129 cm³/mol. The van der Waals surface area contributed by atoms with E-state index in [1.54, 1.807) is 21.3 Å². The molecule has 1 aromatic heterocycles. The molecule has 1 aliphatic heterocycles. The van der Waals surface area contributed by atoms with E-state index < -0.39 is 5.69 Å². The van der Waals surface area contributed by atoms with Crippen molar-refractivity contribution in [2.24, 2.45) is 17.3 Å². The molecule has 4 rings (SSSR count). The first-order valence-corrected chi connectivity index (χ1v) is 10.9. The van der Waals surface area contributed by atoms with E-state index in [2.05, 4.69) is 20.1 Å². The lowest BCUT2D eigenvalue weighted by atomic mass is 10.0. The number of nitrogens with zero attached hydrogens (tertiary/aromatic N) is 5. The molecule has 9 heteroatoms. The molecule has 1 fully saturated rings. The second-order valence-corrected chi connectivity index (χ2v) is 7.88. The van der Waals surface area contributed by atoms with Gasteiger partial charge in [0.25, 0.3) is 0 Å². The zero-order valence-corrected chi connectivity index (χ0v) is 19.1. The van der Waals surface area contributed by atoms with Crippen LogP contribution in [0.5, 0.6) is 11.5 Å². The maximum atomic E-state index is 12.2. The van der Waals surface area contributed by atoms with E-state index in [9.17, 15) is 4.79 Å². The van der Waals surface area contributed by atoms with Gasteiger partial charge in [0.15, 0.2) is 23.0 Å². The first-order chi connectivity index (χ1) is 16.0. The van der Waals surface area contributed by atoms with Crippen molar-refractivity contribution >= 4 is 23.0 Å². The number of methoxy groups -OCH3 is 2. The lowest BCUT2D eigenvalue weighted by molar-refractivity contribution is 0.355. The van der Waals surface area contributed by atoms with E-state index in [0.29, 0.717) is 28.7 Å². The molecule has 0 radical (unpaired) electrons. The van der Waals surface area contributed by atoms with Gasteiger partial charge in [-0.1, -0.05) is 18.2 Å². The van der Waals surface area contributed by atoms with Gasteiger partial charge in [0.05, 0.1) is 19.9 Å². The summed E-state index contributed by atoms with van der Waals surface area (Å²) in [6.07, 6.45) is 3.30. The molecular formula is C24H28N6O3. The number of rotatable bonds is 6. The van der Waals surface area contributed by atoms with E-state index >= 15 is 0 Å². The summed E-state index contributed by atoms with van der Waals surface area (Å²) in [6.45, 7) is 1.69. The van der Waals surface area contributed by atoms with Crippen molar-refractivity contribution in [2.75, 3.05) is 37.9 Å². The van der Waals surface area contributed by atoms with Gasteiger partial charge in [0.1, 0.15) is 5.82 Å². The van der Waals surface area contributed by atoms with E-state index in [-0.39, 0.29) is 5.82 Å². The Balaban J connectivity index is 1.63. The Labute approximate surface area is 192 Å². The fourth-order valence-electron chi connectivity index (χ4n) is 4.00. The fraction of sp³-hybridized carbons (Fsp3) is 0.333. The molecule has 9 nitrogen and oxygen atoms in total. The number of nitrogen functional groups attached to an aromatic ring is 1. The van der Waals surface area contributed by atoms with Crippen molar-refractivity contribution in [1.82, 2.24) is 9.55 Å². The van der Waals surface area contributed by atoms with Crippen molar-refractivity contribution in [3.8, 4) is 22.6 Å². The zero-order chi connectivity index (χ0) is 23.4. The van der Waals surface area contributed by atoms with Crippen molar-refractivity contribution < 1.29 is 9.47 Å². The van der Waals surface area contributed by atoms with Gasteiger partial charge >= 0.3 is 5.69 Å². The Morgan fingerprint density at radius 3 is 2.24 bits per heavy atom. The lowest BCUT2D eigenvalue weighted by Gasteiger charge is -2.30. The molecule has 0 amide bonds. The van der Waals surface area contributed by atoms with Crippen LogP contribution in [-0.4, -0.2) is 36.9 Å². The second-order valence-electron chi connectivity index (χ2n) is 7.88. The van der Waals surface area contributed by atoms with Crippen LogP contribution in [0.4, 0.5) is 23.0 Å². The first kappa shape index (κ1) is 22.3. The van der Waals surface area contributed by atoms with E-state index in [4.69, 9.17) is 15.2 Å². The van der Waals surface area contributed by atoms with Crippen molar-refractivity contribution in [2.45, 2.75) is 19.3 Å². The van der Waals surface area contributed by atoms with Gasteiger partial charge in [-0.05, 0) is 54.7 Å². The molecule has 0 unspecified atom stereocenters. The molecule has 0 aliphatic carbocycles. The summed E-state index contributed by atoms with van der Waals surface area (Å²) >= 11 is 0. The minimum atomic E-state index is -0.397.